The normalized spacial score (nSPS) is 11.7. The highest BCUT2D eigenvalue weighted by Gasteiger charge is 2.24. The third-order valence-electron chi connectivity index (χ3n) is 4.97. The summed E-state index contributed by atoms with van der Waals surface area (Å²) in [6.45, 7) is 0. The number of fused-ring (bicyclic) bond motifs is 3. The van der Waals surface area contributed by atoms with Crippen LogP contribution in [0.25, 0.3) is 22.5 Å². The van der Waals surface area contributed by atoms with Gasteiger partial charge in [0.25, 0.3) is 5.91 Å². The lowest BCUT2D eigenvalue weighted by Gasteiger charge is -2.06. The van der Waals surface area contributed by atoms with Crippen molar-refractivity contribution in [1.82, 2.24) is 10.2 Å². The SMILES string of the molecule is O=C(Nc1ccc(-c2n[nH]c3c2Cc2ccccc2-3)cc1)c1ccccc1. The van der Waals surface area contributed by atoms with Crippen LogP contribution in [0.2, 0.25) is 0 Å². The second-order valence-corrected chi connectivity index (χ2v) is 6.66. The van der Waals surface area contributed by atoms with E-state index in [0.29, 0.717) is 5.56 Å². The average molecular weight is 351 g/mol. The van der Waals surface area contributed by atoms with Crippen LogP contribution in [0.3, 0.4) is 0 Å². The molecule has 1 aromatic heterocycles. The van der Waals surface area contributed by atoms with E-state index in [1.165, 1.54) is 16.7 Å². The zero-order chi connectivity index (χ0) is 18.2. The molecule has 0 saturated heterocycles. The first-order valence-corrected chi connectivity index (χ1v) is 8.92. The largest absolute Gasteiger partial charge is 0.322 e. The van der Waals surface area contributed by atoms with Gasteiger partial charge in [-0.3, -0.25) is 9.89 Å². The van der Waals surface area contributed by atoms with E-state index in [9.17, 15) is 4.79 Å². The summed E-state index contributed by atoms with van der Waals surface area (Å²) in [7, 11) is 0. The number of H-pyrrole nitrogens is 1. The van der Waals surface area contributed by atoms with Crippen molar-refractivity contribution in [1.29, 1.82) is 0 Å². The predicted molar refractivity (Wildman–Crippen MR) is 107 cm³/mol. The van der Waals surface area contributed by atoms with E-state index in [-0.39, 0.29) is 5.91 Å². The zero-order valence-corrected chi connectivity index (χ0v) is 14.6. The fourth-order valence-electron chi connectivity index (χ4n) is 3.61. The number of hydrogen-bond acceptors (Lipinski definition) is 2. The first kappa shape index (κ1) is 15.6. The third-order valence-corrected chi connectivity index (χ3v) is 4.97. The molecular weight excluding hydrogens is 334 g/mol. The van der Waals surface area contributed by atoms with Crippen LogP contribution in [0.15, 0.2) is 78.9 Å². The van der Waals surface area contributed by atoms with Crippen LogP contribution in [0.4, 0.5) is 5.69 Å². The van der Waals surface area contributed by atoms with Crippen LogP contribution < -0.4 is 5.32 Å². The molecule has 1 aliphatic rings. The minimum absolute atomic E-state index is 0.112. The topological polar surface area (TPSA) is 57.8 Å². The molecule has 4 aromatic rings. The Labute approximate surface area is 156 Å². The number of nitrogens with zero attached hydrogens (tertiary/aromatic N) is 1. The highest BCUT2D eigenvalue weighted by atomic mass is 16.1. The van der Waals surface area contributed by atoms with E-state index in [1.807, 2.05) is 42.5 Å². The molecule has 0 unspecified atom stereocenters. The maximum Gasteiger partial charge on any atom is 0.255 e. The molecule has 5 rings (SSSR count). The second-order valence-electron chi connectivity index (χ2n) is 6.66. The Morgan fingerprint density at radius 1 is 0.889 bits per heavy atom. The van der Waals surface area contributed by atoms with Crippen molar-refractivity contribution in [3.8, 4) is 22.5 Å². The second kappa shape index (κ2) is 6.25. The molecule has 4 nitrogen and oxygen atoms in total. The first-order chi connectivity index (χ1) is 13.3. The van der Waals surface area contributed by atoms with Gasteiger partial charge in [-0.25, -0.2) is 0 Å². The van der Waals surface area contributed by atoms with E-state index in [1.54, 1.807) is 12.1 Å². The maximum atomic E-state index is 12.3. The van der Waals surface area contributed by atoms with Gasteiger partial charge in [0.2, 0.25) is 0 Å². The molecule has 0 aliphatic heterocycles. The first-order valence-electron chi connectivity index (χ1n) is 8.92. The van der Waals surface area contributed by atoms with Gasteiger partial charge in [0.05, 0.1) is 11.4 Å². The summed E-state index contributed by atoms with van der Waals surface area (Å²) in [6.07, 6.45) is 0.893. The summed E-state index contributed by atoms with van der Waals surface area (Å²) in [4.78, 5) is 12.3. The number of carbonyl (C=O) groups is 1. The number of aromatic nitrogens is 2. The van der Waals surface area contributed by atoms with Gasteiger partial charge in [-0.2, -0.15) is 5.10 Å². The summed E-state index contributed by atoms with van der Waals surface area (Å²) in [5, 5.41) is 10.7. The molecule has 2 N–H and O–H groups in total. The fraction of sp³-hybridized carbons (Fsp3) is 0.0435. The maximum absolute atomic E-state index is 12.3. The van der Waals surface area contributed by atoms with E-state index in [4.69, 9.17) is 0 Å². The van der Waals surface area contributed by atoms with Gasteiger partial charge in [0, 0.05) is 34.4 Å². The molecule has 27 heavy (non-hydrogen) atoms. The smallest absolute Gasteiger partial charge is 0.255 e. The zero-order valence-electron chi connectivity index (χ0n) is 14.6. The van der Waals surface area contributed by atoms with Crippen molar-refractivity contribution >= 4 is 11.6 Å². The summed E-state index contributed by atoms with van der Waals surface area (Å²) < 4.78 is 0. The van der Waals surface area contributed by atoms with Crippen molar-refractivity contribution in [3.05, 3.63) is 95.6 Å². The van der Waals surface area contributed by atoms with Crippen molar-refractivity contribution in [3.63, 3.8) is 0 Å². The van der Waals surface area contributed by atoms with E-state index >= 15 is 0 Å². The van der Waals surface area contributed by atoms with Gasteiger partial charge < -0.3 is 5.32 Å². The van der Waals surface area contributed by atoms with Crippen molar-refractivity contribution in [2.24, 2.45) is 0 Å². The molecule has 0 saturated carbocycles. The number of hydrogen-bond donors (Lipinski definition) is 2. The number of rotatable bonds is 3. The molecule has 1 aliphatic carbocycles. The monoisotopic (exact) mass is 351 g/mol. The summed E-state index contributed by atoms with van der Waals surface area (Å²) in [5.41, 5.74) is 8.33. The van der Waals surface area contributed by atoms with Gasteiger partial charge in [0.1, 0.15) is 0 Å². The van der Waals surface area contributed by atoms with Crippen LogP contribution in [0.5, 0.6) is 0 Å². The molecule has 0 radical (unpaired) electrons. The number of nitrogens with one attached hydrogen (secondary N) is 2. The highest BCUT2D eigenvalue weighted by Crippen LogP contribution is 2.39. The number of aromatic amines is 1. The quantitative estimate of drug-likeness (QED) is 0.486. The van der Waals surface area contributed by atoms with Crippen molar-refractivity contribution in [2.75, 3.05) is 5.32 Å². The molecule has 1 heterocycles. The molecule has 0 spiro atoms. The minimum Gasteiger partial charge on any atom is -0.322 e. The lowest BCUT2D eigenvalue weighted by Crippen LogP contribution is -2.11. The standard InChI is InChI=1S/C23H17N3O/c27-23(16-6-2-1-3-7-16)24-18-12-10-15(11-13-18)21-20-14-17-8-4-5-9-19(17)22(20)26-25-21/h1-13H,14H2,(H,24,27)(H,25,26). The Kier molecular flexibility index (Phi) is 3.61. The van der Waals surface area contributed by atoms with Crippen LogP contribution in [-0.2, 0) is 6.42 Å². The van der Waals surface area contributed by atoms with Gasteiger partial charge in [-0.15, -0.1) is 0 Å². The molecule has 0 fully saturated rings. The molecule has 3 aromatic carbocycles. The van der Waals surface area contributed by atoms with Gasteiger partial charge >= 0.3 is 0 Å². The Morgan fingerprint density at radius 2 is 1.63 bits per heavy atom. The number of benzene rings is 3. The number of amides is 1. The molecule has 130 valence electrons. The molecule has 4 heteroatoms. The van der Waals surface area contributed by atoms with Crippen molar-refractivity contribution < 1.29 is 4.79 Å². The van der Waals surface area contributed by atoms with Gasteiger partial charge in [-0.1, -0.05) is 54.6 Å². The van der Waals surface area contributed by atoms with Gasteiger partial charge in [0.15, 0.2) is 0 Å². The summed E-state index contributed by atoms with van der Waals surface area (Å²) >= 11 is 0. The van der Waals surface area contributed by atoms with Crippen LogP contribution in [-0.4, -0.2) is 16.1 Å². The van der Waals surface area contributed by atoms with E-state index in [0.717, 1.165) is 29.1 Å². The predicted octanol–water partition coefficient (Wildman–Crippen LogP) is 4.90. The Balaban J connectivity index is 1.39. The molecule has 1 amide bonds. The van der Waals surface area contributed by atoms with Crippen molar-refractivity contribution in [2.45, 2.75) is 6.42 Å². The Hall–Kier alpha value is -3.66. The Morgan fingerprint density at radius 3 is 2.44 bits per heavy atom. The van der Waals surface area contributed by atoms with E-state index in [2.05, 4.69) is 39.8 Å². The highest BCUT2D eigenvalue weighted by molar-refractivity contribution is 6.04. The van der Waals surface area contributed by atoms with Gasteiger partial charge in [-0.05, 0) is 29.8 Å². The summed E-state index contributed by atoms with van der Waals surface area (Å²) in [6, 6.07) is 25.5. The molecular formula is C23H17N3O. The van der Waals surface area contributed by atoms with Crippen LogP contribution in [0, 0.1) is 0 Å². The lowest BCUT2D eigenvalue weighted by molar-refractivity contribution is 0.102. The summed E-state index contributed by atoms with van der Waals surface area (Å²) in [5.74, 6) is -0.112. The number of carbonyl (C=O) groups excluding carboxylic acids is 1. The Bertz CT molecular complexity index is 1130. The van der Waals surface area contributed by atoms with E-state index < -0.39 is 0 Å². The van der Waals surface area contributed by atoms with Crippen LogP contribution >= 0.6 is 0 Å². The third kappa shape index (κ3) is 2.72. The lowest BCUT2D eigenvalue weighted by atomic mass is 10.1. The minimum atomic E-state index is -0.112. The molecule has 0 bridgehead atoms. The molecule has 0 atom stereocenters. The fourth-order valence-corrected chi connectivity index (χ4v) is 3.61. The number of anilines is 1. The van der Waals surface area contributed by atoms with Crippen LogP contribution in [0.1, 0.15) is 21.5 Å². The average Bonchev–Trinajstić information content (AvgIpc) is 3.29.